The maximum atomic E-state index is 5.57. The van der Waals surface area contributed by atoms with Crippen LogP contribution in [0.5, 0.6) is 0 Å². The van der Waals surface area contributed by atoms with Crippen LogP contribution in [0.1, 0.15) is 35.4 Å². The molecule has 2 saturated heterocycles. The third-order valence-electron chi connectivity index (χ3n) is 4.86. The number of ether oxygens (including phenoxy) is 1. The lowest BCUT2D eigenvalue weighted by Gasteiger charge is -2.39. The number of benzene rings is 1. The van der Waals surface area contributed by atoms with E-state index in [9.17, 15) is 0 Å². The lowest BCUT2D eigenvalue weighted by atomic mass is 9.68. The minimum Gasteiger partial charge on any atom is -0.381 e. The Balaban J connectivity index is 1.96. The molecule has 1 aromatic rings. The molecule has 0 saturated carbocycles. The van der Waals surface area contributed by atoms with Gasteiger partial charge in [0.05, 0.1) is 0 Å². The van der Waals surface area contributed by atoms with Crippen LogP contribution < -0.4 is 5.32 Å². The number of aryl methyl sites for hydroxylation is 2. The van der Waals surface area contributed by atoms with Crippen LogP contribution in [0, 0.1) is 19.3 Å². The molecule has 1 N–H and O–H groups in total. The molecule has 98 valence electrons. The quantitative estimate of drug-likeness (QED) is 0.821. The highest BCUT2D eigenvalue weighted by Crippen LogP contribution is 2.47. The van der Waals surface area contributed by atoms with Crippen LogP contribution in [0.4, 0.5) is 0 Å². The van der Waals surface area contributed by atoms with Gasteiger partial charge in [-0.2, -0.15) is 0 Å². The summed E-state index contributed by atoms with van der Waals surface area (Å²) in [4.78, 5) is 0. The van der Waals surface area contributed by atoms with Gasteiger partial charge >= 0.3 is 0 Å². The molecule has 2 aliphatic heterocycles. The summed E-state index contributed by atoms with van der Waals surface area (Å²) in [6.07, 6.45) is 2.41. The molecule has 3 rings (SSSR count). The van der Waals surface area contributed by atoms with E-state index >= 15 is 0 Å². The summed E-state index contributed by atoms with van der Waals surface area (Å²) in [6.45, 7) is 8.60. The van der Waals surface area contributed by atoms with Gasteiger partial charge in [-0.3, -0.25) is 0 Å². The molecule has 0 aliphatic carbocycles. The second-order valence-corrected chi connectivity index (χ2v) is 6.02. The summed E-state index contributed by atoms with van der Waals surface area (Å²) in [5.41, 5.74) is 4.82. The third kappa shape index (κ3) is 1.98. The number of nitrogens with one attached hydrogen (secondary N) is 1. The van der Waals surface area contributed by atoms with Gasteiger partial charge in [-0.15, -0.1) is 0 Å². The Morgan fingerprint density at radius 2 is 2.00 bits per heavy atom. The Hall–Kier alpha value is -0.860. The molecule has 18 heavy (non-hydrogen) atoms. The van der Waals surface area contributed by atoms with Gasteiger partial charge < -0.3 is 10.1 Å². The van der Waals surface area contributed by atoms with Crippen molar-refractivity contribution in [3.05, 3.63) is 34.9 Å². The smallest absolute Gasteiger partial charge is 0.0472 e. The van der Waals surface area contributed by atoms with Crippen molar-refractivity contribution < 1.29 is 4.74 Å². The van der Waals surface area contributed by atoms with Gasteiger partial charge in [-0.05, 0) is 43.2 Å². The molecule has 1 spiro atoms. The van der Waals surface area contributed by atoms with Crippen molar-refractivity contribution in [2.24, 2.45) is 5.41 Å². The summed E-state index contributed by atoms with van der Waals surface area (Å²) >= 11 is 0. The minimum atomic E-state index is 0.441. The lowest BCUT2D eigenvalue weighted by molar-refractivity contribution is 0.0164. The fourth-order valence-electron chi connectivity index (χ4n) is 3.68. The van der Waals surface area contributed by atoms with Gasteiger partial charge in [0.2, 0.25) is 0 Å². The first-order valence-electron chi connectivity index (χ1n) is 7.07. The summed E-state index contributed by atoms with van der Waals surface area (Å²) in [5.74, 6) is 0.668. The molecule has 2 heteroatoms. The minimum absolute atomic E-state index is 0.441. The number of hydrogen-bond donors (Lipinski definition) is 1. The van der Waals surface area contributed by atoms with Crippen molar-refractivity contribution in [1.29, 1.82) is 0 Å². The summed E-state index contributed by atoms with van der Waals surface area (Å²) in [6, 6.07) is 6.89. The second kappa shape index (κ2) is 4.67. The Morgan fingerprint density at radius 3 is 2.78 bits per heavy atom. The Kier molecular flexibility index (Phi) is 3.16. The molecule has 1 unspecified atom stereocenters. The molecule has 0 amide bonds. The van der Waals surface area contributed by atoms with Crippen molar-refractivity contribution in [3.8, 4) is 0 Å². The molecule has 1 atom stereocenters. The van der Waals surface area contributed by atoms with Crippen molar-refractivity contribution in [2.45, 2.75) is 32.6 Å². The maximum absolute atomic E-state index is 5.57. The first kappa shape index (κ1) is 12.2. The van der Waals surface area contributed by atoms with Gasteiger partial charge in [0.25, 0.3) is 0 Å². The second-order valence-electron chi connectivity index (χ2n) is 6.02. The monoisotopic (exact) mass is 245 g/mol. The van der Waals surface area contributed by atoms with E-state index in [-0.39, 0.29) is 0 Å². The van der Waals surface area contributed by atoms with E-state index in [1.807, 2.05) is 0 Å². The number of rotatable bonds is 1. The van der Waals surface area contributed by atoms with E-state index < -0.39 is 0 Å². The van der Waals surface area contributed by atoms with Crippen LogP contribution in [0.15, 0.2) is 18.2 Å². The van der Waals surface area contributed by atoms with Crippen LogP contribution in [0.2, 0.25) is 0 Å². The molecule has 1 aromatic carbocycles. The zero-order chi connectivity index (χ0) is 12.6. The van der Waals surface area contributed by atoms with E-state index in [0.717, 1.165) is 26.3 Å². The van der Waals surface area contributed by atoms with E-state index in [1.165, 1.54) is 24.0 Å². The average Bonchev–Trinajstić information content (AvgIpc) is 2.76. The fraction of sp³-hybridized carbons (Fsp3) is 0.625. The largest absolute Gasteiger partial charge is 0.381 e. The summed E-state index contributed by atoms with van der Waals surface area (Å²) in [7, 11) is 0. The average molecular weight is 245 g/mol. The SMILES string of the molecule is Cc1ccc(C)c(C2CNCC23CCOCC3)c1. The topological polar surface area (TPSA) is 21.3 Å². The lowest BCUT2D eigenvalue weighted by Crippen LogP contribution is -2.35. The first-order valence-corrected chi connectivity index (χ1v) is 7.07. The van der Waals surface area contributed by atoms with Crippen LogP contribution in [-0.2, 0) is 4.74 Å². The Bertz CT molecular complexity index is 435. The van der Waals surface area contributed by atoms with Gasteiger partial charge in [0, 0.05) is 32.2 Å². The fourth-order valence-corrected chi connectivity index (χ4v) is 3.68. The molecular formula is C16H23NO. The number of hydrogen-bond acceptors (Lipinski definition) is 2. The van der Waals surface area contributed by atoms with E-state index in [2.05, 4.69) is 37.4 Å². The van der Waals surface area contributed by atoms with Crippen molar-refractivity contribution in [3.63, 3.8) is 0 Å². The highest BCUT2D eigenvalue weighted by molar-refractivity contribution is 5.36. The molecule has 2 aliphatic rings. The van der Waals surface area contributed by atoms with E-state index in [1.54, 1.807) is 5.56 Å². The molecule has 2 nitrogen and oxygen atoms in total. The van der Waals surface area contributed by atoms with Gasteiger partial charge in [0.1, 0.15) is 0 Å². The highest BCUT2D eigenvalue weighted by atomic mass is 16.5. The van der Waals surface area contributed by atoms with Gasteiger partial charge in [-0.1, -0.05) is 23.8 Å². The molecule has 2 fully saturated rings. The van der Waals surface area contributed by atoms with Gasteiger partial charge in [-0.25, -0.2) is 0 Å². The van der Waals surface area contributed by atoms with Crippen molar-refractivity contribution >= 4 is 0 Å². The zero-order valence-corrected chi connectivity index (χ0v) is 11.5. The highest BCUT2D eigenvalue weighted by Gasteiger charge is 2.44. The van der Waals surface area contributed by atoms with Crippen molar-refractivity contribution in [1.82, 2.24) is 5.32 Å². The molecular weight excluding hydrogens is 222 g/mol. The van der Waals surface area contributed by atoms with E-state index in [4.69, 9.17) is 4.74 Å². The van der Waals surface area contributed by atoms with Crippen LogP contribution >= 0.6 is 0 Å². The van der Waals surface area contributed by atoms with Crippen LogP contribution in [0.25, 0.3) is 0 Å². The first-order chi connectivity index (χ1) is 8.71. The normalized spacial score (nSPS) is 26.7. The third-order valence-corrected chi connectivity index (χ3v) is 4.86. The van der Waals surface area contributed by atoms with Crippen molar-refractivity contribution in [2.75, 3.05) is 26.3 Å². The predicted molar refractivity (Wildman–Crippen MR) is 74.0 cm³/mol. The maximum Gasteiger partial charge on any atom is 0.0472 e. The van der Waals surface area contributed by atoms with Crippen LogP contribution in [-0.4, -0.2) is 26.3 Å². The molecule has 0 aromatic heterocycles. The standard InChI is InChI=1S/C16H23NO/c1-12-3-4-13(2)14(9-12)15-10-17-11-16(15)5-7-18-8-6-16/h3-4,9,15,17H,5-8,10-11H2,1-2H3. The Labute approximate surface area is 110 Å². The predicted octanol–water partition coefficient (Wildman–Crippen LogP) is 2.79. The zero-order valence-electron chi connectivity index (χ0n) is 11.5. The molecule has 2 heterocycles. The Morgan fingerprint density at radius 1 is 1.22 bits per heavy atom. The van der Waals surface area contributed by atoms with Gasteiger partial charge in [0.15, 0.2) is 0 Å². The molecule has 0 radical (unpaired) electrons. The summed E-state index contributed by atoms with van der Waals surface area (Å²) in [5, 5.41) is 3.62. The van der Waals surface area contributed by atoms with Crippen LogP contribution in [0.3, 0.4) is 0 Å². The molecule has 0 bridgehead atoms. The summed E-state index contributed by atoms with van der Waals surface area (Å²) < 4.78 is 5.57. The van der Waals surface area contributed by atoms with E-state index in [0.29, 0.717) is 11.3 Å².